The molecule has 142 valence electrons. The average molecular weight is 377 g/mol. The average Bonchev–Trinajstić information content (AvgIpc) is 3.11. The van der Waals surface area contributed by atoms with Crippen LogP contribution in [0.4, 0.5) is 5.95 Å². The number of nitrogens with one attached hydrogen (secondary N) is 2. The fourth-order valence-corrected chi connectivity index (χ4v) is 3.30. The van der Waals surface area contributed by atoms with Crippen LogP contribution >= 0.6 is 11.8 Å². The van der Waals surface area contributed by atoms with Crippen LogP contribution in [0, 0.1) is 11.8 Å². The predicted molar refractivity (Wildman–Crippen MR) is 109 cm³/mol. The number of anilines is 1. The monoisotopic (exact) mass is 376 g/mol. The number of hydrogen-bond donors (Lipinski definition) is 2. The lowest BCUT2D eigenvalue weighted by Crippen LogP contribution is -2.44. The lowest BCUT2D eigenvalue weighted by Gasteiger charge is -2.26. The zero-order chi connectivity index (χ0) is 19.1. The molecule has 1 fully saturated rings. The second-order valence-electron chi connectivity index (χ2n) is 6.09. The Morgan fingerprint density at radius 2 is 1.88 bits per heavy atom. The molecule has 1 unspecified atom stereocenters. The van der Waals surface area contributed by atoms with Gasteiger partial charge in [-0.1, -0.05) is 25.6 Å². The Balaban J connectivity index is 0.000000552. The summed E-state index contributed by atoms with van der Waals surface area (Å²) in [5, 5.41) is 4.45. The van der Waals surface area contributed by atoms with E-state index >= 15 is 0 Å². The van der Waals surface area contributed by atoms with E-state index in [2.05, 4.69) is 50.9 Å². The van der Waals surface area contributed by atoms with E-state index in [4.69, 9.17) is 0 Å². The Kier molecular flexibility index (Phi) is 7.54. The topological polar surface area (TPSA) is 78.8 Å². The second kappa shape index (κ2) is 9.64. The van der Waals surface area contributed by atoms with Crippen molar-refractivity contribution < 1.29 is 0 Å². The summed E-state index contributed by atoms with van der Waals surface area (Å²) in [5.74, 6) is 6.10. The molecule has 2 N–H and O–H groups in total. The largest absolute Gasteiger partial charge is 0.340 e. The molecule has 0 aliphatic carbocycles. The Bertz CT molecular complexity index is 835. The molecule has 0 spiro atoms. The van der Waals surface area contributed by atoms with Crippen LogP contribution in [0.15, 0.2) is 9.95 Å². The Morgan fingerprint density at radius 1 is 1.23 bits per heavy atom. The number of hydrogen-bond acceptors (Lipinski definition) is 6. The van der Waals surface area contributed by atoms with Gasteiger partial charge >= 0.3 is 0 Å². The van der Waals surface area contributed by atoms with Crippen molar-refractivity contribution in [2.75, 3.05) is 31.1 Å². The number of nitrogens with zero attached hydrogens (tertiary/aromatic N) is 4. The first kappa shape index (κ1) is 20.3. The lowest BCUT2D eigenvalue weighted by molar-refractivity contribution is 0.582. The fraction of sp³-hybridized carbons (Fsp3) is 0.611. The van der Waals surface area contributed by atoms with E-state index in [9.17, 15) is 4.79 Å². The molecule has 2 aromatic heterocycles. The summed E-state index contributed by atoms with van der Waals surface area (Å²) in [6.45, 7) is 11.5. The molecule has 26 heavy (non-hydrogen) atoms. The summed E-state index contributed by atoms with van der Waals surface area (Å²) in [6.07, 6.45) is 1.03. The van der Waals surface area contributed by atoms with Gasteiger partial charge in [0, 0.05) is 38.5 Å². The van der Waals surface area contributed by atoms with Crippen LogP contribution in [-0.2, 0) is 7.05 Å². The summed E-state index contributed by atoms with van der Waals surface area (Å²) >= 11 is 1.62. The van der Waals surface area contributed by atoms with Crippen molar-refractivity contribution in [3.05, 3.63) is 10.4 Å². The van der Waals surface area contributed by atoms with Crippen molar-refractivity contribution in [3.63, 3.8) is 0 Å². The number of aromatic nitrogens is 4. The van der Waals surface area contributed by atoms with Gasteiger partial charge < -0.3 is 15.2 Å². The Hall–Kier alpha value is -1.98. The third-order valence-electron chi connectivity index (χ3n) is 4.23. The van der Waals surface area contributed by atoms with Gasteiger partial charge in [0.25, 0.3) is 5.56 Å². The van der Waals surface area contributed by atoms with Gasteiger partial charge in [-0.3, -0.25) is 9.36 Å². The SMILES string of the molecule is CC#CC.CCC(C)Sc1nc2nc(N3CCNCC3)[nH]c2c(=O)n1C. The van der Waals surface area contributed by atoms with Gasteiger partial charge in [-0.25, -0.2) is 4.98 Å². The van der Waals surface area contributed by atoms with Crippen molar-refractivity contribution in [3.8, 4) is 11.8 Å². The van der Waals surface area contributed by atoms with Gasteiger partial charge in [-0.05, 0) is 20.3 Å². The maximum absolute atomic E-state index is 12.5. The normalized spacial score (nSPS) is 15.0. The van der Waals surface area contributed by atoms with Crippen molar-refractivity contribution >= 4 is 28.9 Å². The lowest BCUT2D eigenvalue weighted by atomic mass is 10.4. The summed E-state index contributed by atoms with van der Waals surface area (Å²) in [6, 6.07) is 0. The maximum Gasteiger partial charge on any atom is 0.280 e. The minimum atomic E-state index is -0.0651. The molecule has 1 atom stereocenters. The molecule has 0 amide bonds. The summed E-state index contributed by atoms with van der Waals surface area (Å²) in [4.78, 5) is 26.9. The third kappa shape index (κ3) is 4.80. The molecule has 1 aliphatic rings. The van der Waals surface area contributed by atoms with Gasteiger partial charge in [-0.15, -0.1) is 11.8 Å². The standard InChI is InChI=1S/C14H22N6OS.C4H6/c1-4-9(2)22-14-18-11-10(12(21)19(14)3)16-13(17-11)20-7-5-15-6-8-20;1-3-4-2/h9,15H,4-8H2,1-3H3,(H,16,17);1-2H3. The quantitative estimate of drug-likeness (QED) is 0.483. The number of H-pyrrole nitrogens is 1. The van der Waals surface area contributed by atoms with Gasteiger partial charge in [0.2, 0.25) is 5.95 Å². The van der Waals surface area contributed by atoms with E-state index in [-0.39, 0.29) is 5.56 Å². The van der Waals surface area contributed by atoms with Crippen LogP contribution in [-0.4, -0.2) is 50.9 Å². The number of rotatable bonds is 4. The van der Waals surface area contributed by atoms with Crippen LogP contribution in [0.3, 0.4) is 0 Å². The number of imidazole rings is 1. The van der Waals surface area contributed by atoms with E-state index in [0.29, 0.717) is 16.4 Å². The maximum atomic E-state index is 12.5. The predicted octanol–water partition coefficient (Wildman–Crippen LogP) is 1.99. The first-order valence-electron chi connectivity index (χ1n) is 8.94. The highest BCUT2D eigenvalue weighted by Gasteiger charge is 2.18. The van der Waals surface area contributed by atoms with Crippen molar-refractivity contribution in [1.29, 1.82) is 0 Å². The molecular formula is C18H28N6OS. The van der Waals surface area contributed by atoms with Gasteiger partial charge in [-0.2, -0.15) is 4.98 Å². The van der Waals surface area contributed by atoms with Crippen LogP contribution in [0.2, 0.25) is 0 Å². The van der Waals surface area contributed by atoms with Crippen LogP contribution in [0.25, 0.3) is 11.2 Å². The molecule has 1 aliphatic heterocycles. The van der Waals surface area contributed by atoms with E-state index in [1.54, 1.807) is 23.4 Å². The van der Waals surface area contributed by atoms with Crippen LogP contribution in [0.5, 0.6) is 0 Å². The smallest absolute Gasteiger partial charge is 0.280 e. The molecule has 0 aromatic carbocycles. The molecule has 3 rings (SSSR count). The Labute approximate surface area is 159 Å². The summed E-state index contributed by atoms with van der Waals surface area (Å²) in [7, 11) is 1.77. The highest BCUT2D eigenvalue weighted by atomic mass is 32.2. The number of piperazine rings is 1. The minimum Gasteiger partial charge on any atom is -0.340 e. The zero-order valence-electron chi connectivity index (χ0n) is 16.2. The van der Waals surface area contributed by atoms with E-state index in [1.807, 2.05) is 13.8 Å². The van der Waals surface area contributed by atoms with E-state index in [1.165, 1.54) is 0 Å². The summed E-state index contributed by atoms with van der Waals surface area (Å²) in [5.41, 5.74) is 0.941. The van der Waals surface area contributed by atoms with Gasteiger partial charge in [0.05, 0.1) is 0 Å². The van der Waals surface area contributed by atoms with Crippen LogP contribution < -0.4 is 15.8 Å². The molecule has 1 saturated heterocycles. The molecule has 0 saturated carbocycles. The molecule has 7 nitrogen and oxygen atoms in total. The number of aromatic amines is 1. The Morgan fingerprint density at radius 3 is 2.46 bits per heavy atom. The second-order valence-corrected chi connectivity index (χ2v) is 7.50. The molecule has 2 aromatic rings. The molecule has 0 radical (unpaired) electrons. The first-order chi connectivity index (χ1) is 12.5. The highest BCUT2D eigenvalue weighted by molar-refractivity contribution is 7.99. The first-order valence-corrected chi connectivity index (χ1v) is 9.82. The van der Waals surface area contributed by atoms with E-state index < -0.39 is 0 Å². The molecular weight excluding hydrogens is 348 g/mol. The van der Waals surface area contributed by atoms with Crippen molar-refractivity contribution in [1.82, 2.24) is 24.8 Å². The zero-order valence-corrected chi connectivity index (χ0v) is 17.0. The molecule has 0 bridgehead atoms. The third-order valence-corrected chi connectivity index (χ3v) is 5.54. The van der Waals surface area contributed by atoms with Crippen molar-refractivity contribution in [2.45, 2.75) is 44.5 Å². The van der Waals surface area contributed by atoms with Gasteiger partial charge in [0.1, 0.15) is 0 Å². The minimum absolute atomic E-state index is 0.0651. The molecule has 8 heteroatoms. The molecule has 3 heterocycles. The number of fused-ring (bicyclic) bond motifs is 1. The summed E-state index contributed by atoms with van der Waals surface area (Å²) < 4.78 is 1.61. The fourth-order valence-electron chi connectivity index (χ4n) is 2.40. The van der Waals surface area contributed by atoms with Crippen LogP contribution in [0.1, 0.15) is 34.1 Å². The van der Waals surface area contributed by atoms with E-state index in [0.717, 1.165) is 43.7 Å². The van der Waals surface area contributed by atoms with Crippen molar-refractivity contribution in [2.24, 2.45) is 7.05 Å². The van der Waals surface area contributed by atoms with Gasteiger partial charge in [0.15, 0.2) is 16.3 Å². The number of thioether (sulfide) groups is 1. The highest BCUT2D eigenvalue weighted by Crippen LogP contribution is 2.23.